The molecule has 0 aromatic heterocycles. The van der Waals surface area contributed by atoms with Crippen LogP contribution in [0.25, 0.3) is 0 Å². The van der Waals surface area contributed by atoms with Gasteiger partial charge in [-0.15, -0.1) is 0 Å². The molecule has 1 saturated heterocycles. The van der Waals surface area contributed by atoms with Gasteiger partial charge < -0.3 is 14.8 Å². The second-order valence-electron chi connectivity index (χ2n) is 7.04. The largest absolute Gasteiger partial charge is 0.484 e. The number of nitrogens with zero attached hydrogens (tertiary/aromatic N) is 1. The highest BCUT2D eigenvalue weighted by atomic mass is 16.5. The summed E-state index contributed by atoms with van der Waals surface area (Å²) >= 11 is 0. The SMILES string of the molecule is CCC(=O)c1ccc(OCC(=O)NCC2CN(CC(C)C)CCO2)cc1. The van der Waals surface area contributed by atoms with Crippen molar-refractivity contribution in [2.24, 2.45) is 5.92 Å². The van der Waals surface area contributed by atoms with Gasteiger partial charge in [0.2, 0.25) is 0 Å². The van der Waals surface area contributed by atoms with E-state index in [2.05, 4.69) is 24.1 Å². The number of amides is 1. The van der Waals surface area contributed by atoms with Gasteiger partial charge in [-0.2, -0.15) is 0 Å². The molecular formula is C20H30N2O4. The third kappa shape index (κ3) is 6.77. The van der Waals surface area contributed by atoms with Crippen LogP contribution >= 0.6 is 0 Å². The molecule has 1 aliphatic heterocycles. The molecule has 1 aliphatic rings. The lowest BCUT2D eigenvalue weighted by Crippen LogP contribution is -2.48. The van der Waals surface area contributed by atoms with Crippen molar-refractivity contribution in [3.63, 3.8) is 0 Å². The fourth-order valence-electron chi connectivity index (χ4n) is 2.95. The van der Waals surface area contributed by atoms with Crippen LogP contribution in [-0.2, 0) is 9.53 Å². The van der Waals surface area contributed by atoms with Crippen LogP contribution in [0.4, 0.5) is 0 Å². The molecule has 1 aromatic rings. The van der Waals surface area contributed by atoms with E-state index in [9.17, 15) is 9.59 Å². The molecule has 0 radical (unpaired) electrons. The lowest BCUT2D eigenvalue weighted by atomic mass is 10.1. The predicted molar refractivity (Wildman–Crippen MR) is 101 cm³/mol. The summed E-state index contributed by atoms with van der Waals surface area (Å²) in [6, 6.07) is 6.87. The molecule has 1 N–H and O–H groups in total. The molecule has 1 amide bonds. The van der Waals surface area contributed by atoms with Crippen molar-refractivity contribution in [1.29, 1.82) is 0 Å². The van der Waals surface area contributed by atoms with Crippen molar-refractivity contribution in [2.45, 2.75) is 33.3 Å². The zero-order valence-electron chi connectivity index (χ0n) is 16.0. The molecule has 0 spiro atoms. The van der Waals surface area contributed by atoms with Crippen LogP contribution in [0.1, 0.15) is 37.6 Å². The molecule has 0 aliphatic carbocycles. The Balaban J connectivity index is 1.69. The first kappa shape index (κ1) is 20.4. The number of rotatable bonds is 9. The smallest absolute Gasteiger partial charge is 0.258 e. The number of benzene rings is 1. The third-order valence-electron chi connectivity index (χ3n) is 4.24. The number of carbonyl (C=O) groups excluding carboxylic acids is 2. The molecule has 1 atom stereocenters. The Morgan fingerprint density at radius 3 is 2.69 bits per heavy atom. The molecule has 6 heteroatoms. The molecule has 1 heterocycles. The van der Waals surface area contributed by atoms with Crippen molar-refractivity contribution >= 4 is 11.7 Å². The monoisotopic (exact) mass is 362 g/mol. The van der Waals surface area contributed by atoms with E-state index in [0.717, 1.165) is 19.6 Å². The normalized spacial score (nSPS) is 17.9. The number of ketones is 1. The predicted octanol–water partition coefficient (Wildman–Crippen LogP) is 2.13. The highest BCUT2D eigenvalue weighted by Crippen LogP contribution is 2.13. The number of hydrogen-bond donors (Lipinski definition) is 1. The Kier molecular flexibility index (Phi) is 8.06. The summed E-state index contributed by atoms with van der Waals surface area (Å²) in [7, 11) is 0. The third-order valence-corrected chi connectivity index (χ3v) is 4.24. The lowest BCUT2D eigenvalue weighted by Gasteiger charge is -2.33. The minimum Gasteiger partial charge on any atom is -0.484 e. The molecule has 1 fully saturated rings. The van der Waals surface area contributed by atoms with Crippen molar-refractivity contribution in [2.75, 3.05) is 39.4 Å². The van der Waals surface area contributed by atoms with Crippen molar-refractivity contribution < 1.29 is 19.1 Å². The number of morpholine rings is 1. The van der Waals surface area contributed by atoms with Gasteiger partial charge in [0.1, 0.15) is 5.75 Å². The second-order valence-corrected chi connectivity index (χ2v) is 7.04. The molecule has 26 heavy (non-hydrogen) atoms. The molecule has 2 rings (SSSR count). The van der Waals surface area contributed by atoms with Crippen molar-refractivity contribution in [3.8, 4) is 5.75 Å². The maximum absolute atomic E-state index is 12.0. The Hall–Kier alpha value is -1.92. The van der Waals surface area contributed by atoms with Gasteiger partial charge in [-0.1, -0.05) is 20.8 Å². The Labute approximate surface area is 155 Å². The molecule has 1 unspecified atom stereocenters. The van der Waals surface area contributed by atoms with Gasteiger partial charge in [-0.3, -0.25) is 14.5 Å². The summed E-state index contributed by atoms with van der Waals surface area (Å²) in [5.74, 6) is 1.11. The first-order chi connectivity index (χ1) is 12.5. The summed E-state index contributed by atoms with van der Waals surface area (Å²) in [6.07, 6.45) is 0.492. The van der Waals surface area contributed by atoms with Crippen LogP contribution in [0.15, 0.2) is 24.3 Å². The van der Waals surface area contributed by atoms with E-state index in [1.807, 2.05) is 6.92 Å². The average molecular weight is 362 g/mol. The molecule has 6 nitrogen and oxygen atoms in total. The average Bonchev–Trinajstić information content (AvgIpc) is 2.64. The van der Waals surface area contributed by atoms with Crippen LogP contribution < -0.4 is 10.1 Å². The van der Waals surface area contributed by atoms with Crippen LogP contribution in [0.2, 0.25) is 0 Å². The van der Waals surface area contributed by atoms with Gasteiger partial charge in [-0.25, -0.2) is 0 Å². The fourth-order valence-corrected chi connectivity index (χ4v) is 2.95. The molecule has 0 saturated carbocycles. The maximum atomic E-state index is 12.0. The lowest BCUT2D eigenvalue weighted by molar-refractivity contribution is -0.124. The van der Waals surface area contributed by atoms with Crippen LogP contribution in [0, 0.1) is 5.92 Å². The van der Waals surface area contributed by atoms with Gasteiger partial charge in [-0.05, 0) is 30.2 Å². The molecule has 0 bridgehead atoms. The van der Waals surface area contributed by atoms with Crippen LogP contribution in [-0.4, -0.2) is 62.1 Å². The summed E-state index contributed by atoms with van der Waals surface area (Å²) < 4.78 is 11.2. The first-order valence-electron chi connectivity index (χ1n) is 9.34. The second kappa shape index (κ2) is 10.3. The number of nitrogens with one attached hydrogen (secondary N) is 1. The van der Waals surface area contributed by atoms with Crippen LogP contribution in [0.3, 0.4) is 0 Å². The minimum absolute atomic E-state index is 0.0192. The Morgan fingerprint density at radius 1 is 1.31 bits per heavy atom. The van der Waals surface area contributed by atoms with Crippen molar-refractivity contribution in [3.05, 3.63) is 29.8 Å². The van der Waals surface area contributed by atoms with Gasteiger partial charge in [0.25, 0.3) is 5.91 Å². The minimum atomic E-state index is -0.178. The summed E-state index contributed by atoms with van der Waals surface area (Å²) in [5.41, 5.74) is 0.657. The van der Waals surface area contributed by atoms with E-state index >= 15 is 0 Å². The van der Waals surface area contributed by atoms with Crippen molar-refractivity contribution in [1.82, 2.24) is 10.2 Å². The number of hydrogen-bond acceptors (Lipinski definition) is 5. The van der Waals surface area contributed by atoms with E-state index < -0.39 is 0 Å². The Bertz CT molecular complexity index is 586. The van der Waals surface area contributed by atoms with Gasteiger partial charge in [0, 0.05) is 38.2 Å². The number of carbonyl (C=O) groups is 2. The maximum Gasteiger partial charge on any atom is 0.258 e. The summed E-state index contributed by atoms with van der Waals surface area (Å²) in [6.45, 7) is 10.2. The molecule has 144 valence electrons. The quantitative estimate of drug-likeness (QED) is 0.682. The van der Waals surface area contributed by atoms with E-state index in [-0.39, 0.29) is 24.4 Å². The molecule has 1 aromatic carbocycles. The van der Waals surface area contributed by atoms with E-state index in [1.54, 1.807) is 24.3 Å². The van der Waals surface area contributed by atoms with Crippen LogP contribution in [0.5, 0.6) is 5.75 Å². The zero-order chi connectivity index (χ0) is 18.9. The van der Waals surface area contributed by atoms with Gasteiger partial charge in [0.15, 0.2) is 12.4 Å². The fraction of sp³-hybridized carbons (Fsp3) is 0.600. The topological polar surface area (TPSA) is 67.9 Å². The van der Waals surface area contributed by atoms with E-state index in [0.29, 0.717) is 36.8 Å². The standard InChI is InChI=1S/C20H30N2O4/c1-4-19(23)16-5-7-17(8-6-16)26-14-20(24)21-11-18-13-22(9-10-25-18)12-15(2)3/h5-8,15,18H,4,9-14H2,1-3H3,(H,21,24). The van der Waals surface area contributed by atoms with Gasteiger partial charge >= 0.3 is 0 Å². The van der Waals surface area contributed by atoms with Gasteiger partial charge in [0.05, 0.1) is 12.7 Å². The number of ether oxygens (including phenoxy) is 2. The highest BCUT2D eigenvalue weighted by molar-refractivity contribution is 5.95. The summed E-state index contributed by atoms with van der Waals surface area (Å²) in [5, 5.41) is 2.87. The first-order valence-corrected chi connectivity index (χ1v) is 9.34. The zero-order valence-corrected chi connectivity index (χ0v) is 16.0. The highest BCUT2D eigenvalue weighted by Gasteiger charge is 2.21. The number of Topliss-reactive ketones (excluding diaryl/α,β-unsaturated/α-hetero) is 1. The summed E-state index contributed by atoms with van der Waals surface area (Å²) in [4.78, 5) is 25.9. The molecular weight excluding hydrogens is 332 g/mol. The van der Waals surface area contributed by atoms with E-state index in [4.69, 9.17) is 9.47 Å². The Morgan fingerprint density at radius 2 is 2.04 bits per heavy atom. The van der Waals surface area contributed by atoms with E-state index in [1.165, 1.54) is 0 Å².